The zero-order chi connectivity index (χ0) is 31.1. The summed E-state index contributed by atoms with van der Waals surface area (Å²) in [5.41, 5.74) is 0.916. The van der Waals surface area contributed by atoms with Crippen molar-refractivity contribution in [3.63, 3.8) is 0 Å². The van der Waals surface area contributed by atoms with Crippen molar-refractivity contribution in [2.24, 2.45) is 0 Å². The number of halogens is 2. The molecule has 0 N–H and O–H groups in total. The number of nitrogens with zero attached hydrogens (tertiary/aromatic N) is 4. The van der Waals surface area contributed by atoms with Crippen molar-refractivity contribution >= 4 is 41.0 Å². The second kappa shape index (κ2) is 14.9. The van der Waals surface area contributed by atoms with Crippen LogP contribution in [0.1, 0.15) is 67.3 Å². The van der Waals surface area contributed by atoms with E-state index in [0.717, 1.165) is 70.4 Å². The molecule has 0 aromatic heterocycles. The Kier molecular flexibility index (Phi) is 11.5. The van der Waals surface area contributed by atoms with Gasteiger partial charge in [-0.2, -0.15) is 0 Å². The average Bonchev–Trinajstić information content (AvgIpc) is 3.00. The first kappa shape index (κ1) is 33.2. The highest BCUT2D eigenvalue weighted by Crippen LogP contribution is 2.35. The van der Waals surface area contributed by atoms with Gasteiger partial charge in [0.15, 0.2) is 0 Å². The number of para-hydroxylation sites is 1. The minimum atomic E-state index is -0.477. The molecule has 2 fully saturated rings. The van der Waals surface area contributed by atoms with Crippen LogP contribution in [-0.4, -0.2) is 103 Å². The lowest BCUT2D eigenvalue weighted by atomic mass is 9.82. The molecule has 2 aromatic rings. The first-order valence-electron chi connectivity index (χ1n) is 15.2. The SMILES string of the molecule is CC(=O)Oc1ccccc1C(=O)N(C)CC(CCN1CCC(C(=O)N(C)C)(N2CCCCC2)CC1)c1ccc(Cl)c(Cl)c1. The molecule has 8 nitrogen and oxygen atoms in total. The highest BCUT2D eigenvalue weighted by Gasteiger charge is 2.47. The number of hydrogen-bond donors (Lipinski definition) is 0. The van der Waals surface area contributed by atoms with Gasteiger partial charge in [0.05, 0.1) is 15.6 Å². The fourth-order valence-electron chi connectivity index (χ4n) is 6.52. The summed E-state index contributed by atoms with van der Waals surface area (Å²) < 4.78 is 5.30. The number of rotatable bonds is 10. The summed E-state index contributed by atoms with van der Waals surface area (Å²) >= 11 is 12.7. The molecule has 0 spiro atoms. The second-order valence-corrected chi connectivity index (χ2v) is 12.9. The first-order chi connectivity index (χ1) is 20.5. The lowest BCUT2D eigenvalue weighted by molar-refractivity contribution is -0.147. The number of esters is 1. The van der Waals surface area contributed by atoms with Gasteiger partial charge in [0.1, 0.15) is 11.3 Å². The third kappa shape index (κ3) is 8.09. The summed E-state index contributed by atoms with van der Waals surface area (Å²) in [5.74, 6) is -0.252. The molecule has 2 amide bonds. The maximum Gasteiger partial charge on any atom is 0.308 e. The normalized spacial score (nSPS) is 18.1. The average molecular weight is 632 g/mol. The van der Waals surface area contributed by atoms with Crippen molar-refractivity contribution in [2.45, 2.75) is 56.9 Å². The van der Waals surface area contributed by atoms with Crippen molar-refractivity contribution in [1.82, 2.24) is 19.6 Å². The number of likely N-dealkylation sites (N-methyl/N-ethyl adjacent to an activating group) is 2. The van der Waals surface area contributed by atoms with Gasteiger partial charge >= 0.3 is 5.97 Å². The largest absolute Gasteiger partial charge is 0.426 e. The van der Waals surface area contributed by atoms with Gasteiger partial charge in [0, 0.05) is 53.6 Å². The highest BCUT2D eigenvalue weighted by atomic mass is 35.5. The van der Waals surface area contributed by atoms with Gasteiger partial charge in [-0.3, -0.25) is 19.3 Å². The van der Waals surface area contributed by atoms with Gasteiger partial charge in [-0.25, -0.2) is 0 Å². The fourth-order valence-corrected chi connectivity index (χ4v) is 6.83. The number of ether oxygens (including phenoxy) is 1. The molecule has 43 heavy (non-hydrogen) atoms. The van der Waals surface area contributed by atoms with Crippen molar-refractivity contribution < 1.29 is 19.1 Å². The van der Waals surface area contributed by atoms with E-state index in [1.807, 2.05) is 26.2 Å². The Hall–Kier alpha value is -2.65. The molecule has 234 valence electrons. The zero-order valence-corrected chi connectivity index (χ0v) is 27.3. The number of benzene rings is 2. The molecule has 2 saturated heterocycles. The number of amides is 2. The summed E-state index contributed by atoms with van der Waals surface area (Å²) in [6, 6.07) is 12.4. The number of hydrogen-bond acceptors (Lipinski definition) is 6. The van der Waals surface area contributed by atoms with E-state index in [1.165, 1.54) is 13.3 Å². The van der Waals surface area contributed by atoms with E-state index in [-0.39, 0.29) is 23.5 Å². The Morgan fingerprint density at radius 1 is 0.930 bits per heavy atom. The van der Waals surface area contributed by atoms with Crippen molar-refractivity contribution in [3.8, 4) is 5.75 Å². The lowest BCUT2D eigenvalue weighted by Crippen LogP contribution is -2.64. The molecule has 1 unspecified atom stereocenters. The fraction of sp³-hybridized carbons (Fsp3) is 0.545. The zero-order valence-electron chi connectivity index (χ0n) is 25.8. The Balaban J connectivity index is 1.47. The maximum absolute atomic E-state index is 13.5. The van der Waals surface area contributed by atoms with Crippen LogP contribution in [-0.2, 0) is 9.59 Å². The van der Waals surface area contributed by atoms with E-state index in [2.05, 4.69) is 9.80 Å². The van der Waals surface area contributed by atoms with Gasteiger partial charge in [0.25, 0.3) is 5.91 Å². The van der Waals surface area contributed by atoms with Crippen molar-refractivity contribution in [1.29, 1.82) is 0 Å². The highest BCUT2D eigenvalue weighted by molar-refractivity contribution is 6.42. The number of carbonyl (C=O) groups is 3. The van der Waals surface area contributed by atoms with Crippen LogP contribution in [0.25, 0.3) is 0 Å². The summed E-state index contributed by atoms with van der Waals surface area (Å²) in [4.78, 5) is 46.9. The first-order valence-corrected chi connectivity index (χ1v) is 15.9. The molecule has 10 heteroatoms. The van der Waals surface area contributed by atoms with Crippen LogP contribution in [0, 0.1) is 0 Å². The summed E-state index contributed by atoms with van der Waals surface area (Å²) in [6.07, 6.45) is 5.94. The molecule has 4 rings (SSSR count). The van der Waals surface area contributed by atoms with Gasteiger partial charge < -0.3 is 19.4 Å². The number of carbonyl (C=O) groups excluding carboxylic acids is 3. The molecule has 2 aromatic carbocycles. The Morgan fingerprint density at radius 3 is 2.23 bits per heavy atom. The smallest absolute Gasteiger partial charge is 0.308 e. The molecule has 0 radical (unpaired) electrons. The number of likely N-dealkylation sites (tertiary alicyclic amines) is 2. The monoisotopic (exact) mass is 630 g/mol. The van der Waals surface area contributed by atoms with E-state index in [4.69, 9.17) is 27.9 Å². The Morgan fingerprint density at radius 2 is 1.60 bits per heavy atom. The molecule has 2 aliphatic heterocycles. The van der Waals surface area contributed by atoms with Crippen LogP contribution in [0.4, 0.5) is 0 Å². The van der Waals surface area contributed by atoms with Crippen LogP contribution >= 0.6 is 23.2 Å². The molecule has 0 aliphatic carbocycles. The van der Waals surface area contributed by atoms with E-state index in [9.17, 15) is 14.4 Å². The molecule has 0 bridgehead atoms. The van der Waals surface area contributed by atoms with Crippen LogP contribution in [0.2, 0.25) is 10.0 Å². The topological polar surface area (TPSA) is 73.4 Å². The predicted molar refractivity (Wildman–Crippen MR) is 171 cm³/mol. The number of piperidine rings is 2. The van der Waals surface area contributed by atoms with Crippen LogP contribution in [0.5, 0.6) is 5.75 Å². The van der Waals surface area contributed by atoms with Crippen LogP contribution in [0.15, 0.2) is 42.5 Å². The van der Waals surface area contributed by atoms with Gasteiger partial charge in [-0.05, 0) is 81.6 Å². The van der Waals surface area contributed by atoms with Crippen molar-refractivity contribution in [2.75, 3.05) is 60.4 Å². The van der Waals surface area contributed by atoms with Crippen LogP contribution in [0.3, 0.4) is 0 Å². The van der Waals surface area contributed by atoms with E-state index in [1.54, 1.807) is 47.2 Å². The molecule has 1 atom stereocenters. The van der Waals surface area contributed by atoms with E-state index in [0.29, 0.717) is 22.2 Å². The van der Waals surface area contributed by atoms with Gasteiger partial charge in [-0.1, -0.05) is 47.8 Å². The third-order valence-electron chi connectivity index (χ3n) is 8.87. The van der Waals surface area contributed by atoms with Gasteiger partial charge in [-0.15, -0.1) is 0 Å². The molecule has 2 heterocycles. The summed E-state index contributed by atoms with van der Waals surface area (Å²) in [5, 5.41) is 0.962. The van der Waals surface area contributed by atoms with Gasteiger partial charge in [0.2, 0.25) is 5.91 Å². The Bertz CT molecular complexity index is 1290. The predicted octanol–water partition coefficient (Wildman–Crippen LogP) is 5.57. The third-order valence-corrected chi connectivity index (χ3v) is 9.61. The molecular weight excluding hydrogens is 587 g/mol. The summed E-state index contributed by atoms with van der Waals surface area (Å²) in [6.45, 7) is 6.24. The Labute approximate surface area is 265 Å². The summed E-state index contributed by atoms with van der Waals surface area (Å²) in [7, 11) is 5.49. The molecule has 0 saturated carbocycles. The maximum atomic E-state index is 13.5. The molecular formula is C33H44Cl2N4O4. The molecule has 2 aliphatic rings. The van der Waals surface area contributed by atoms with Crippen molar-refractivity contribution in [3.05, 3.63) is 63.6 Å². The lowest BCUT2D eigenvalue weighted by Gasteiger charge is -2.50. The minimum absolute atomic E-state index is 0.0122. The van der Waals surface area contributed by atoms with E-state index < -0.39 is 11.5 Å². The van der Waals surface area contributed by atoms with Crippen LogP contribution < -0.4 is 4.74 Å². The quantitative estimate of drug-likeness (QED) is 0.252. The van der Waals surface area contributed by atoms with E-state index >= 15 is 0 Å². The minimum Gasteiger partial charge on any atom is -0.426 e. The standard InChI is InChI=1S/C33H44Cl2N4O4/c1-24(40)43-30-11-7-6-10-27(30)31(41)37(4)23-26(25-12-13-28(34)29(35)22-25)14-19-38-20-15-33(16-21-38,32(42)36(2)3)39-17-8-5-9-18-39/h6-7,10-13,22,26H,5,8-9,14-21,23H2,1-4H3. The second-order valence-electron chi connectivity index (χ2n) is 12.1.